The lowest BCUT2D eigenvalue weighted by atomic mass is 10.1. The minimum absolute atomic E-state index is 0.0374. The van der Waals surface area contributed by atoms with Crippen molar-refractivity contribution in [3.05, 3.63) is 62.9 Å². The van der Waals surface area contributed by atoms with Gasteiger partial charge in [0.1, 0.15) is 5.75 Å². The first-order valence-electron chi connectivity index (χ1n) is 9.21. The minimum Gasteiger partial charge on any atom is -0.437 e. The molecule has 0 spiro atoms. The molecule has 0 saturated carbocycles. The van der Waals surface area contributed by atoms with Gasteiger partial charge in [0.25, 0.3) is 11.5 Å². The van der Waals surface area contributed by atoms with Crippen LogP contribution in [-0.4, -0.2) is 34.1 Å². The predicted molar refractivity (Wildman–Crippen MR) is 110 cm³/mol. The molecule has 0 saturated heterocycles. The Morgan fingerprint density at radius 2 is 2.04 bits per heavy atom. The van der Waals surface area contributed by atoms with E-state index in [0.29, 0.717) is 40.2 Å². The average molecular weight is 400 g/mol. The summed E-state index contributed by atoms with van der Waals surface area (Å²) in [5, 5.41) is 7.61. The van der Waals surface area contributed by atoms with Crippen molar-refractivity contribution in [1.29, 1.82) is 0 Å². The van der Waals surface area contributed by atoms with Crippen molar-refractivity contribution in [2.75, 3.05) is 13.1 Å². The number of rotatable bonds is 6. The Labute approximate surface area is 168 Å². The summed E-state index contributed by atoms with van der Waals surface area (Å²) < 4.78 is 5.91. The number of carbonyl (C=O) groups excluding carboxylic acids is 1. The summed E-state index contributed by atoms with van der Waals surface area (Å²) in [6.07, 6.45) is 0.889. The fraction of sp³-hybridized carbons (Fsp3) is 0.286. The van der Waals surface area contributed by atoms with Crippen molar-refractivity contribution in [2.24, 2.45) is 0 Å². The van der Waals surface area contributed by atoms with E-state index in [-0.39, 0.29) is 17.3 Å². The molecule has 0 radical (unpaired) electrons. The fourth-order valence-electron chi connectivity index (χ4n) is 3.07. The van der Waals surface area contributed by atoms with Crippen LogP contribution in [0.3, 0.4) is 0 Å². The number of hydrogen-bond donors (Lipinski definition) is 1. The van der Waals surface area contributed by atoms with E-state index in [1.165, 1.54) is 0 Å². The van der Waals surface area contributed by atoms with Gasteiger partial charge in [-0.15, -0.1) is 5.10 Å². The van der Waals surface area contributed by atoms with Crippen LogP contribution in [0, 0.1) is 6.92 Å². The zero-order valence-electron chi connectivity index (χ0n) is 16.1. The molecule has 0 fully saturated rings. The zero-order valence-corrected chi connectivity index (χ0v) is 16.8. The van der Waals surface area contributed by atoms with Gasteiger partial charge in [0.05, 0.1) is 15.8 Å². The molecule has 1 amide bonds. The third-order valence-electron chi connectivity index (χ3n) is 4.55. The number of benzene rings is 2. The van der Waals surface area contributed by atoms with Gasteiger partial charge in [-0.2, -0.15) is 0 Å². The van der Waals surface area contributed by atoms with Crippen LogP contribution >= 0.6 is 11.6 Å². The topological polar surface area (TPSA) is 75.3 Å². The summed E-state index contributed by atoms with van der Waals surface area (Å²) in [6.45, 7) is 7.22. The highest BCUT2D eigenvalue weighted by Gasteiger charge is 2.18. The number of ether oxygens (including phenoxy) is 1. The molecule has 7 heteroatoms. The Hall–Kier alpha value is -2.86. The second-order valence-corrected chi connectivity index (χ2v) is 6.89. The van der Waals surface area contributed by atoms with Crippen LogP contribution in [0.2, 0.25) is 5.02 Å². The van der Waals surface area contributed by atoms with Gasteiger partial charge in [-0.25, -0.2) is 5.10 Å². The number of aryl methyl sites for hydroxylation is 1. The summed E-state index contributed by atoms with van der Waals surface area (Å²) in [5.74, 6) is 0.593. The minimum atomic E-state index is -0.345. The van der Waals surface area contributed by atoms with Gasteiger partial charge in [0.2, 0.25) is 5.88 Å². The molecule has 146 valence electrons. The molecule has 3 aromatic rings. The third kappa shape index (κ3) is 3.87. The molecule has 0 bridgehead atoms. The van der Waals surface area contributed by atoms with Gasteiger partial charge in [-0.05, 0) is 50.1 Å². The van der Waals surface area contributed by atoms with Crippen molar-refractivity contribution < 1.29 is 9.53 Å². The summed E-state index contributed by atoms with van der Waals surface area (Å²) in [5.41, 5.74) is 1.10. The monoisotopic (exact) mass is 399 g/mol. The first-order chi connectivity index (χ1) is 13.5. The summed E-state index contributed by atoms with van der Waals surface area (Å²) in [6, 6.07) is 10.3. The number of halogens is 1. The SMILES string of the molecule is CCCN(CC)C(=O)c1cc(Oc2n[nH]c(=O)c3cccc(Cl)c23)ccc1C. The van der Waals surface area contributed by atoms with E-state index in [4.69, 9.17) is 16.3 Å². The van der Waals surface area contributed by atoms with E-state index in [1.54, 1.807) is 35.2 Å². The normalized spacial score (nSPS) is 10.9. The molecule has 1 heterocycles. The van der Waals surface area contributed by atoms with Crippen molar-refractivity contribution >= 4 is 28.3 Å². The smallest absolute Gasteiger partial charge is 0.272 e. The number of nitrogens with zero attached hydrogens (tertiary/aromatic N) is 2. The average Bonchev–Trinajstić information content (AvgIpc) is 2.69. The largest absolute Gasteiger partial charge is 0.437 e. The highest BCUT2D eigenvalue weighted by molar-refractivity contribution is 6.36. The first-order valence-corrected chi connectivity index (χ1v) is 9.58. The van der Waals surface area contributed by atoms with E-state index in [9.17, 15) is 9.59 Å². The Morgan fingerprint density at radius 3 is 2.75 bits per heavy atom. The van der Waals surface area contributed by atoms with E-state index >= 15 is 0 Å². The van der Waals surface area contributed by atoms with Gasteiger partial charge in [0, 0.05) is 18.7 Å². The number of amides is 1. The lowest BCUT2D eigenvalue weighted by Crippen LogP contribution is -2.32. The fourth-order valence-corrected chi connectivity index (χ4v) is 3.33. The van der Waals surface area contributed by atoms with Crippen molar-refractivity contribution in [1.82, 2.24) is 15.1 Å². The summed E-state index contributed by atoms with van der Waals surface area (Å²) in [4.78, 5) is 26.7. The second kappa shape index (κ2) is 8.44. The van der Waals surface area contributed by atoms with Gasteiger partial charge in [-0.3, -0.25) is 9.59 Å². The number of aromatic amines is 1. The lowest BCUT2D eigenvalue weighted by molar-refractivity contribution is 0.0763. The van der Waals surface area contributed by atoms with Crippen molar-refractivity contribution in [3.8, 4) is 11.6 Å². The summed E-state index contributed by atoms with van der Waals surface area (Å²) in [7, 11) is 0. The molecule has 2 aromatic carbocycles. The number of hydrogen-bond acceptors (Lipinski definition) is 4. The van der Waals surface area contributed by atoms with Gasteiger partial charge in [0.15, 0.2) is 0 Å². The lowest BCUT2D eigenvalue weighted by Gasteiger charge is -2.21. The van der Waals surface area contributed by atoms with E-state index in [2.05, 4.69) is 10.2 Å². The van der Waals surface area contributed by atoms with E-state index in [1.807, 2.05) is 26.8 Å². The Morgan fingerprint density at radius 1 is 1.25 bits per heavy atom. The van der Waals surface area contributed by atoms with Gasteiger partial charge in [-0.1, -0.05) is 30.7 Å². The molecule has 6 nitrogen and oxygen atoms in total. The molecule has 1 aromatic heterocycles. The van der Waals surface area contributed by atoms with Crippen LogP contribution in [-0.2, 0) is 0 Å². The predicted octanol–water partition coefficient (Wildman–Crippen LogP) is 4.55. The number of fused-ring (bicyclic) bond motifs is 1. The third-order valence-corrected chi connectivity index (χ3v) is 4.86. The highest BCUT2D eigenvalue weighted by atomic mass is 35.5. The van der Waals surface area contributed by atoms with Crippen LogP contribution in [0.1, 0.15) is 36.2 Å². The van der Waals surface area contributed by atoms with Crippen molar-refractivity contribution in [2.45, 2.75) is 27.2 Å². The standard InChI is InChI=1S/C21H22ClN3O3/c1-4-11-25(5-2)21(27)16-12-14(10-9-13(16)3)28-20-18-15(19(26)23-24-20)7-6-8-17(18)22/h6-10,12H,4-5,11H2,1-3H3,(H,23,26). The van der Waals surface area contributed by atoms with Crippen molar-refractivity contribution in [3.63, 3.8) is 0 Å². The number of H-pyrrole nitrogens is 1. The Bertz CT molecular complexity index is 1080. The molecule has 0 aliphatic rings. The molecule has 0 aliphatic heterocycles. The summed E-state index contributed by atoms with van der Waals surface area (Å²) >= 11 is 6.27. The first kappa shape index (κ1) is 19.9. The second-order valence-electron chi connectivity index (χ2n) is 6.48. The zero-order chi connectivity index (χ0) is 20.3. The molecule has 0 atom stereocenters. The molecule has 1 N–H and O–H groups in total. The molecular weight excluding hydrogens is 378 g/mol. The Kier molecular flexibility index (Phi) is 5.99. The number of nitrogens with one attached hydrogen (secondary N) is 1. The van der Waals surface area contributed by atoms with Crippen LogP contribution < -0.4 is 10.3 Å². The van der Waals surface area contributed by atoms with E-state index in [0.717, 1.165) is 12.0 Å². The quantitative estimate of drug-likeness (QED) is 0.659. The maximum absolute atomic E-state index is 12.9. The van der Waals surface area contributed by atoms with Crippen LogP contribution in [0.15, 0.2) is 41.2 Å². The maximum Gasteiger partial charge on any atom is 0.272 e. The number of aromatic nitrogens is 2. The maximum atomic E-state index is 12.9. The molecule has 28 heavy (non-hydrogen) atoms. The molecule has 0 aliphatic carbocycles. The molecular formula is C21H22ClN3O3. The van der Waals surface area contributed by atoms with Crippen LogP contribution in [0.4, 0.5) is 0 Å². The molecule has 3 rings (SSSR count). The van der Waals surface area contributed by atoms with E-state index < -0.39 is 0 Å². The molecule has 0 unspecified atom stereocenters. The van der Waals surface area contributed by atoms with Gasteiger partial charge >= 0.3 is 0 Å². The van der Waals surface area contributed by atoms with Gasteiger partial charge < -0.3 is 9.64 Å². The highest BCUT2D eigenvalue weighted by Crippen LogP contribution is 2.32. The number of carbonyl (C=O) groups is 1. The Balaban J connectivity index is 2.01. The van der Waals surface area contributed by atoms with Crippen LogP contribution in [0.5, 0.6) is 11.6 Å². The van der Waals surface area contributed by atoms with Crippen LogP contribution in [0.25, 0.3) is 10.8 Å².